The second-order valence-corrected chi connectivity index (χ2v) is 8.36. The van der Waals surface area contributed by atoms with E-state index in [0.29, 0.717) is 18.7 Å². The summed E-state index contributed by atoms with van der Waals surface area (Å²) in [6.07, 6.45) is 2.01. The lowest BCUT2D eigenvalue weighted by Crippen LogP contribution is -2.53. The Morgan fingerprint density at radius 3 is 2.68 bits per heavy atom. The lowest BCUT2D eigenvalue weighted by molar-refractivity contribution is -0.129. The number of ether oxygens (including phenoxy) is 1. The minimum Gasteiger partial charge on any atom is -0.496 e. The Bertz CT molecular complexity index is 890. The third-order valence-corrected chi connectivity index (χ3v) is 6.13. The van der Waals surface area contributed by atoms with Crippen molar-refractivity contribution in [2.75, 3.05) is 19.9 Å². The summed E-state index contributed by atoms with van der Waals surface area (Å²) in [5.74, 6) is -0.887. The fraction of sp³-hybridized carbons (Fsp3) is 0.476. The first-order chi connectivity index (χ1) is 14.8. The van der Waals surface area contributed by atoms with E-state index in [-0.39, 0.29) is 23.5 Å². The van der Waals surface area contributed by atoms with Gasteiger partial charge in [0.25, 0.3) is 5.91 Å². The van der Waals surface area contributed by atoms with Gasteiger partial charge >= 0.3 is 0 Å². The molecule has 1 aromatic carbocycles. The lowest BCUT2D eigenvalue weighted by Gasteiger charge is -2.32. The predicted octanol–water partition coefficient (Wildman–Crippen LogP) is -0.0378. The van der Waals surface area contributed by atoms with E-state index in [0.717, 1.165) is 11.3 Å². The number of hydrogen-bond acceptors (Lipinski definition) is 7. The van der Waals surface area contributed by atoms with Crippen LogP contribution in [0, 0.1) is 0 Å². The number of thioether (sulfide) groups is 1. The maximum absolute atomic E-state index is 12.8. The third kappa shape index (κ3) is 5.38. The number of aliphatic hydroxyl groups is 2. The Balaban J connectivity index is 1.75. The van der Waals surface area contributed by atoms with E-state index in [9.17, 15) is 24.6 Å². The molecular formula is C21H27N3O6S. The molecule has 2 aliphatic rings. The maximum atomic E-state index is 12.8. The van der Waals surface area contributed by atoms with Gasteiger partial charge in [0.05, 0.1) is 24.8 Å². The van der Waals surface area contributed by atoms with Crippen molar-refractivity contribution in [3.05, 3.63) is 35.4 Å². The van der Waals surface area contributed by atoms with Crippen LogP contribution in [0.15, 0.2) is 34.7 Å². The number of nitrogens with one attached hydrogen (secondary N) is 3. The number of benzene rings is 1. The second-order valence-electron chi connectivity index (χ2n) is 7.48. The van der Waals surface area contributed by atoms with Gasteiger partial charge in [0.1, 0.15) is 17.9 Å². The number of piperidine rings is 1. The Labute approximate surface area is 184 Å². The summed E-state index contributed by atoms with van der Waals surface area (Å²) in [6, 6.07) is 3.50. The molecule has 1 aliphatic heterocycles. The van der Waals surface area contributed by atoms with Gasteiger partial charge in [-0.15, -0.1) is 11.8 Å². The Hall–Kier alpha value is -2.56. The minimum absolute atomic E-state index is 0.0839. The number of amides is 3. The molecule has 0 radical (unpaired) electrons. The highest BCUT2D eigenvalue weighted by Crippen LogP contribution is 2.26. The van der Waals surface area contributed by atoms with Crippen molar-refractivity contribution in [2.45, 2.75) is 48.4 Å². The first-order valence-electron chi connectivity index (χ1n) is 10.0. The van der Waals surface area contributed by atoms with E-state index >= 15 is 0 Å². The topological polar surface area (TPSA) is 137 Å². The van der Waals surface area contributed by atoms with Crippen LogP contribution in [0.1, 0.15) is 29.6 Å². The Kier molecular flexibility index (Phi) is 7.58. The molecule has 3 amide bonds. The predicted molar refractivity (Wildman–Crippen MR) is 115 cm³/mol. The summed E-state index contributed by atoms with van der Waals surface area (Å²) >= 11 is 1.51. The molecule has 1 saturated heterocycles. The molecule has 9 nitrogen and oxygen atoms in total. The monoisotopic (exact) mass is 449 g/mol. The highest BCUT2D eigenvalue weighted by molar-refractivity contribution is 7.98. The fourth-order valence-electron chi connectivity index (χ4n) is 3.64. The molecule has 0 bridgehead atoms. The van der Waals surface area contributed by atoms with Crippen LogP contribution in [-0.4, -0.2) is 72.1 Å². The summed E-state index contributed by atoms with van der Waals surface area (Å²) in [5.41, 5.74) is 0.469. The molecule has 1 heterocycles. The van der Waals surface area contributed by atoms with Crippen molar-refractivity contribution in [3.8, 4) is 5.75 Å². The molecule has 0 unspecified atom stereocenters. The molecular weight excluding hydrogens is 422 g/mol. The van der Waals surface area contributed by atoms with Crippen molar-refractivity contribution in [2.24, 2.45) is 0 Å². The van der Waals surface area contributed by atoms with E-state index < -0.39 is 36.1 Å². The van der Waals surface area contributed by atoms with Crippen LogP contribution in [0.2, 0.25) is 0 Å². The van der Waals surface area contributed by atoms with Gasteiger partial charge in [-0.2, -0.15) is 0 Å². The second kappa shape index (κ2) is 10.2. The highest BCUT2D eigenvalue weighted by atomic mass is 32.2. The average Bonchev–Trinajstić information content (AvgIpc) is 2.77. The fourth-order valence-corrected chi connectivity index (χ4v) is 4.07. The van der Waals surface area contributed by atoms with Gasteiger partial charge in [-0.3, -0.25) is 14.4 Å². The molecule has 0 saturated carbocycles. The zero-order valence-electron chi connectivity index (χ0n) is 17.4. The molecule has 168 valence electrons. The maximum Gasteiger partial charge on any atom is 0.255 e. The summed E-state index contributed by atoms with van der Waals surface area (Å²) in [6.45, 7) is 0.578. The van der Waals surface area contributed by atoms with Crippen molar-refractivity contribution < 1.29 is 29.3 Å². The van der Waals surface area contributed by atoms with Gasteiger partial charge in [0.2, 0.25) is 11.8 Å². The van der Waals surface area contributed by atoms with Gasteiger partial charge < -0.3 is 30.9 Å². The first kappa shape index (κ1) is 23.1. The molecule has 0 spiro atoms. The quantitative estimate of drug-likeness (QED) is 0.385. The zero-order valence-corrected chi connectivity index (χ0v) is 18.2. The summed E-state index contributed by atoms with van der Waals surface area (Å²) in [4.78, 5) is 38.3. The van der Waals surface area contributed by atoms with E-state index in [4.69, 9.17) is 4.74 Å². The third-order valence-electron chi connectivity index (χ3n) is 5.41. The number of carbonyl (C=O) groups is 3. The van der Waals surface area contributed by atoms with Crippen LogP contribution < -0.4 is 20.7 Å². The normalized spacial score (nSPS) is 25.8. The molecule has 1 aliphatic carbocycles. The van der Waals surface area contributed by atoms with E-state index in [1.807, 2.05) is 6.26 Å². The van der Waals surface area contributed by atoms with Crippen LogP contribution in [0.5, 0.6) is 5.75 Å². The van der Waals surface area contributed by atoms with Crippen LogP contribution in [0.3, 0.4) is 0 Å². The molecule has 0 aromatic heterocycles. The molecule has 5 N–H and O–H groups in total. The number of aliphatic hydroxyl groups excluding tert-OH is 2. The molecule has 10 heteroatoms. The summed E-state index contributed by atoms with van der Waals surface area (Å²) < 4.78 is 5.30. The van der Waals surface area contributed by atoms with Crippen LogP contribution in [-0.2, 0) is 9.59 Å². The van der Waals surface area contributed by atoms with E-state index in [1.165, 1.54) is 24.9 Å². The summed E-state index contributed by atoms with van der Waals surface area (Å²) in [5, 5.41) is 28.6. The van der Waals surface area contributed by atoms with E-state index in [1.54, 1.807) is 18.2 Å². The molecule has 3 rings (SSSR count). The van der Waals surface area contributed by atoms with Gasteiger partial charge in [-0.25, -0.2) is 0 Å². The van der Waals surface area contributed by atoms with Gasteiger partial charge in [-0.05, 0) is 37.3 Å². The molecule has 1 aromatic rings. The smallest absolute Gasteiger partial charge is 0.255 e. The van der Waals surface area contributed by atoms with Crippen LogP contribution in [0.25, 0.3) is 0 Å². The zero-order chi connectivity index (χ0) is 22.5. The van der Waals surface area contributed by atoms with Crippen LogP contribution >= 0.6 is 11.8 Å². The van der Waals surface area contributed by atoms with Crippen molar-refractivity contribution >= 4 is 29.5 Å². The Morgan fingerprint density at radius 2 is 2.00 bits per heavy atom. The summed E-state index contributed by atoms with van der Waals surface area (Å²) in [7, 11) is 1.46. The van der Waals surface area contributed by atoms with Crippen molar-refractivity contribution in [1.82, 2.24) is 16.0 Å². The average molecular weight is 450 g/mol. The minimum atomic E-state index is -1.28. The number of rotatable bonds is 6. The lowest BCUT2D eigenvalue weighted by atomic mass is 9.89. The molecule has 4 atom stereocenters. The number of carbonyl (C=O) groups excluding carboxylic acids is 3. The van der Waals surface area contributed by atoms with E-state index in [2.05, 4.69) is 16.0 Å². The SMILES string of the molecule is COc1cc(SC)ccc1C(=O)N[C@H]1C=C(C(=O)N[C@@H]2CCCNC2=O)C[C@@H](O)[C@@H]1O. The largest absolute Gasteiger partial charge is 0.496 e. The van der Waals surface area contributed by atoms with Gasteiger partial charge in [0.15, 0.2) is 0 Å². The van der Waals surface area contributed by atoms with Gasteiger partial charge in [-0.1, -0.05) is 6.08 Å². The van der Waals surface area contributed by atoms with Gasteiger partial charge in [0, 0.05) is 23.4 Å². The number of methoxy groups -OCH3 is 1. The van der Waals surface area contributed by atoms with Crippen LogP contribution in [0.4, 0.5) is 0 Å². The van der Waals surface area contributed by atoms with Crippen molar-refractivity contribution in [1.29, 1.82) is 0 Å². The van der Waals surface area contributed by atoms with Crippen molar-refractivity contribution in [3.63, 3.8) is 0 Å². The first-order valence-corrected chi connectivity index (χ1v) is 11.2. The highest BCUT2D eigenvalue weighted by Gasteiger charge is 2.35. The Morgan fingerprint density at radius 1 is 1.23 bits per heavy atom. The number of hydrogen-bond donors (Lipinski definition) is 5. The molecule has 1 fully saturated rings. The molecule has 31 heavy (non-hydrogen) atoms. The standard InChI is InChI=1S/C21H27N3O6S/c1-30-17-10-12(31-2)5-6-13(17)20(28)24-15-8-11(9-16(25)18(15)26)19(27)23-14-4-3-7-22-21(14)29/h5-6,8,10,14-16,18,25-26H,3-4,7,9H2,1-2H3,(H,22,29)(H,23,27)(H,24,28)/t14-,15+,16-,18-/m1/s1.